The van der Waals surface area contributed by atoms with Crippen LogP contribution in [0.15, 0.2) is 24.3 Å². The Morgan fingerprint density at radius 1 is 1.56 bits per heavy atom. The van der Waals surface area contributed by atoms with E-state index in [1.54, 1.807) is 12.1 Å². The minimum atomic E-state index is -0.200. The third-order valence-corrected chi connectivity index (χ3v) is 2.87. The Morgan fingerprint density at radius 3 is 3.06 bits per heavy atom. The molecule has 4 heteroatoms. The standard InChI is InChI=1S/C12H17FN2O/c1-14-12(11-8-16-6-5-15-11)9-3-2-4-10(13)7-9/h2-4,7,11-12,14-15H,5-6,8H2,1H3. The number of halogens is 1. The van der Waals surface area contributed by atoms with E-state index in [1.165, 1.54) is 6.07 Å². The van der Waals surface area contributed by atoms with Gasteiger partial charge in [-0.05, 0) is 24.7 Å². The van der Waals surface area contributed by atoms with Crippen LogP contribution in [0.5, 0.6) is 0 Å². The summed E-state index contributed by atoms with van der Waals surface area (Å²) in [5, 5.41) is 6.58. The van der Waals surface area contributed by atoms with Gasteiger partial charge in [0.05, 0.1) is 19.3 Å². The highest BCUT2D eigenvalue weighted by atomic mass is 19.1. The quantitative estimate of drug-likeness (QED) is 0.806. The maximum Gasteiger partial charge on any atom is 0.123 e. The van der Waals surface area contributed by atoms with Crippen LogP contribution in [0, 0.1) is 5.82 Å². The van der Waals surface area contributed by atoms with E-state index in [2.05, 4.69) is 10.6 Å². The van der Waals surface area contributed by atoms with Crippen LogP contribution in [-0.2, 0) is 4.74 Å². The molecular weight excluding hydrogens is 207 g/mol. The highest BCUT2D eigenvalue weighted by molar-refractivity contribution is 5.22. The third-order valence-electron chi connectivity index (χ3n) is 2.87. The molecule has 0 radical (unpaired) electrons. The lowest BCUT2D eigenvalue weighted by atomic mass is 9.99. The first-order valence-electron chi connectivity index (χ1n) is 5.55. The summed E-state index contributed by atoms with van der Waals surface area (Å²) in [4.78, 5) is 0. The Morgan fingerprint density at radius 2 is 2.44 bits per heavy atom. The van der Waals surface area contributed by atoms with Crippen LogP contribution in [-0.4, -0.2) is 32.8 Å². The number of morpholine rings is 1. The van der Waals surface area contributed by atoms with Crippen molar-refractivity contribution in [2.24, 2.45) is 0 Å². The topological polar surface area (TPSA) is 33.3 Å². The second-order valence-electron chi connectivity index (χ2n) is 3.96. The van der Waals surface area contributed by atoms with Gasteiger partial charge in [-0.15, -0.1) is 0 Å². The Labute approximate surface area is 95.0 Å². The van der Waals surface area contributed by atoms with Gasteiger partial charge in [0, 0.05) is 12.6 Å². The largest absolute Gasteiger partial charge is 0.378 e. The molecule has 16 heavy (non-hydrogen) atoms. The van der Waals surface area contributed by atoms with Crippen molar-refractivity contribution in [1.29, 1.82) is 0 Å². The van der Waals surface area contributed by atoms with Gasteiger partial charge in [-0.3, -0.25) is 0 Å². The van der Waals surface area contributed by atoms with Gasteiger partial charge in [0.2, 0.25) is 0 Å². The van der Waals surface area contributed by atoms with Crippen LogP contribution in [0.4, 0.5) is 4.39 Å². The van der Waals surface area contributed by atoms with E-state index in [0.717, 1.165) is 18.7 Å². The van der Waals surface area contributed by atoms with E-state index in [1.807, 2.05) is 13.1 Å². The first kappa shape index (κ1) is 11.5. The minimum Gasteiger partial charge on any atom is -0.378 e. The molecule has 1 aromatic carbocycles. The number of hydrogen-bond donors (Lipinski definition) is 2. The predicted octanol–water partition coefficient (Wildman–Crippen LogP) is 1.07. The predicted molar refractivity (Wildman–Crippen MR) is 60.8 cm³/mol. The van der Waals surface area contributed by atoms with Gasteiger partial charge in [-0.2, -0.15) is 0 Å². The molecule has 0 amide bonds. The monoisotopic (exact) mass is 224 g/mol. The summed E-state index contributed by atoms with van der Waals surface area (Å²) in [6, 6.07) is 6.97. The van der Waals surface area contributed by atoms with Crippen LogP contribution in [0.3, 0.4) is 0 Å². The number of rotatable bonds is 3. The molecule has 1 aliphatic heterocycles. The fraction of sp³-hybridized carbons (Fsp3) is 0.500. The Kier molecular flexibility index (Phi) is 3.88. The van der Waals surface area contributed by atoms with Crippen molar-refractivity contribution in [1.82, 2.24) is 10.6 Å². The summed E-state index contributed by atoms with van der Waals surface area (Å²) in [5.74, 6) is -0.200. The molecule has 2 N–H and O–H groups in total. The Bertz CT molecular complexity index is 340. The summed E-state index contributed by atoms with van der Waals surface area (Å²) < 4.78 is 18.6. The molecule has 2 rings (SSSR count). The molecular formula is C12H17FN2O. The van der Waals surface area contributed by atoms with Crippen molar-refractivity contribution in [2.45, 2.75) is 12.1 Å². The van der Waals surface area contributed by atoms with E-state index < -0.39 is 0 Å². The molecule has 88 valence electrons. The highest BCUT2D eigenvalue weighted by Gasteiger charge is 2.23. The second kappa shape index (κ2) is 5.39. The van der Waals surface area contributed by atoms with Crippen LogP contribution >= 0.6 is 0 Å². The molecule has 1 aliphatic rings. The first-order chi connectivity index (χ1) is 7.81. The van der Waals surface area contributed by atoms with Gasteiger partial charge in [0.25, 0.3) is 0 Å². The molecule has 2 atom stereocenters. The van der Waals surface area contributed by atoms with E-state index in [0.29, 0.717) is 6.61 Å². The Hall–Kier alpha value is -0.970. The van der Waals surface area contributed by atoms with E-state index in [9.17, 15) is 4.39 Å². The molecule has 1 aromatic rings. The molecule has 0 spiro atoms. The molecule has 1 heterocycles. The van der Waals surface area contributed by atoms with Crippen molar-refractivity contribution in [3.05, 3.63) is 35.6 Å². The number of benzene rings is 1. The lowest BCUT2D eigenvalue weighted by molar-refractivity contribution is 0.0645. The molecule has 0 aromatic heterocycles. The van der Waals surface area contributed by atoms with Crippen LogP contribution < -0.4 is 10.6 Å². The lowest BCUT2D eigenvalue weighted by Crippen LogP contribution is -2.48. The Balaban J connectivity index is 2.14. The number of likely N-dealkylation sites (N-methyl/N-ethyl adjacent to an activating group) is 1. The van der Waals surface area contributed by atoms with Crippen LogP contribution in [0.25, 0.3) is 0 Å². The SMILES string of the molecule is CNC(c1cccc(F)c1)C1COCCN1. The van der Waals surface area contributed by atoms with Gasteiger partial charge in [0.1, 0.15) is 5.82 Å². The zero-order valence-electron chi connectivity index (χ0n) is 9.37. The van der Waals surface area contributed by atoms with Crippen molar-refractivity contribution in [3.63, 3.8) is 0 Å². The minimum absolute atomic E-state index is 0.0796. The van der Waals surface area contributed by atoms with Crippen LogP contribution in [0.2, 0.25) is 0 Å². The first-order valence-corrected chi connectivity index (χ1v) is 5.55. The molecule has 0 bridgehead atoms. The van der Waals surface area contributed by atoms with Crippen molar-refractivity contribution < 1.29 is 9.13 Å². The molecule has 2 unspecified atom stereocenters. The molecule has 1 saturated heterocycles. The zero-order chi connectivity index (χ0) is 11.4. The van der Waals surface area contributed by atoms with E-state index >= 15 is 0 Å². The summed E-state index contributed by atoms with van der Waals surface area (Å²) in [7, 11) is 1.88. The number of hydrogen-bond acceptors (Lipinski definition) is 3. The van der Waals surface area contributed by atoms with Gasteiger partial charge >= 0.3 is 0 Å². The van der Waals surface area contributed by atoms with Gasteiger partial charge in [-0.25, -0.2) is 4.39 Å². The lowest BCUT2D eigenvalue weighted by Gasteiger charge is -2.31. The second-order valence-corrected chi connectivity index (χ2v) is 3.96. The molecule has 0 saturated carbocycles. The fourth-order valence-corrected chi connectivity index (χ4v) is 2.10. The van der Waals surface area contributed by atoms with Gasteiger partial charge < -0.3 is 15.4 Å². The third kappa shape index (κ3) is 2.58. The van der Waals surface area contributed by atoms with Gasteiger partial charge in [-0.1, -0.05) is 12.1 Å². The number of nitrogens with one attached hydrogen (secondary N) is 2. The van der Waals surface area contributed by atoms with Crippen molar-refractivity contribution >= 4 is 0 Å². The summed E-state index contributed by atoms with van der Waals surface area (Å²) in [5.41, 5.74) is 0.950. The summed E-state index contributed by atoms with van der Waals surface area (Å²) in [6.45, 7) is 2.25. The van der Waals surface area contributed by atoms with E-state index in [-0.39, 0.29) is 17.9 Å². The highest BCUT2D eigenvalue weighted by Crippen LogP contribution is 2.19. The zero-order valence-corrected chi connectivity index (χ0v) is 9.37. The molecule has 0 aliphatic carbocycles. The normalized spacial score (nSPS) is 23.0. The fourth-order valence-electron chi connectivity index (χ4n) is 2.10. The van der Waals surface area contributed by atoms with Crippen molar-refractivity contribution in [3.8, 4) is 0 Å². The van der Waals surface area contributed by atoms with Crippen molar-refractivity contribution in [2.75, 3.05) is 26.8 Å². The molecule has 1 fully saturated rings. The maximum absolute atomic E-state index is 13.2. The molecule has 3 nitrogen and oxygen atoms in total. The average Bonchev–Trinajstić information content (AvgIpc) is 2.31. The summed E-state index contributed by atoms with van der Waals surface area (Å²) >= 11 is 0. The van der Waals surface area contributed by atoms with Gasteiger partial charge in [0.15, 0.2) is 0 Å². The maximum atomic E-state index is 13.2. The van der Waals surface area contributed by atoms with Crippen LogP contribution in [0.1, 0.15) is 11.6 Å². The smallest absolute Gasteiger partial charge is 0.123 e. The summed E-state index contributed by atoms with van der Waals surface area (Å²) in [6.07, 6.45) is 0. The average molecular weight is 224 g/mol. The van der Waals surface area contributed by atoms with E-state index in [4.69, 9.17) is 4.74 Å². The number of ether oxygens (including phenoxy) is 1.